The van der Waals surface area contributed by atoms with Crippen molar-refractivity contribution in [3.63, 3.8) is 0 Å². The number of hydrogen-bond donors (Lipinski definition) is 2. The van der Waals surface area contributed by atoms with E-state index in [1.807, 2.05) is 0 Å². The molecule has 1 aliphatic heterocycles. The van der Waals surface area contributed by atoms with Gasteiger partial charge in [-0.15, -0.1) is 0 Å². The highest BCUT2D eigenvalue weighted by Gasteiger charge is 2.21. The molecule has 1 atom stereocenters. The summed E-state index contributed by atoms with van der Waals surface area (Å²) in [7, 11) is 0. The van der Waals surface area contributed by atoms with Crippen LogP contribution in [-0.2, 0) is 4.79 Å². The van der Waals surface area contributed by atoms with Gasteiger partial charge in [-0.25, -0.2) is 0 Å². The lowest BCUT2D eigenvalue weighted by molar-refractivity contribution is -0.122. The molecule has 2 aliphatic rings. The molecule has 0 aromatic heterocycles. The van der Waals surface area contributed by atoms with Crippen LogP contribution in [-0.4, -0.2) is 25.0 Å². The highest BCUT2D eigenvalue weighted by molar-refractivity contribution is 5.81. The fourth-order valence-electron chi connectivity index (χ4n) is 2.51. The Balaban J connectivity index is 1.63. The molecule has 3 heteroatoms. The average Bonchev–Trinajstić information content (AvgIpc) is 2.84. The molecule has 0 saturated carbocycles. The van der Waals surface area contributed by atoms with E-state index in [0.717, 1.165) is 32.4 Å². The summed E-state index contributed by atoms with van der Waals surface area (Å²) in [6, 6.07) is 0.0698. The minimum absolute atomic E-state index is 0.0698. The minimum Gasteiger partial charge on any atom is -0.354 e. The Morgan fingerprint density at radius 1 is 1.44 bits per heavy atom. The van der Waals surface area contributed by atoms with E-state index < -0.39 is 0 Å². The van der Waals surface area contributed by atoms with Gasteiger partial charge in [0.15, 0.2) is 0 Å². The summed E-state index contributed by atoms with van der Waals surface area (Å²) in [5.74, 6) is 0.189. The summed E-state index contributed by atoms with van der Waals surface area (Å²) in [5.41, 5.74) is 1.53. The lowest BCUT2D eigenvalue weighted by atomic mass is 9.97. The molecule has 2 N–H and O–H groups in total. The maximum atomic E-state index is 11.7. The van der Waals surface area contributed by atoms with Crippen LogP contribution in [0.2, 0.25) is 0 Å². The second kappa shape index (κ2) is 6.04. The number of hydrogen-bond acceptors (Lipinski definition) is 2. The smallest absolute Gasteiger partial charge is 0.237 e. The normalized spacial score (nSPS) is 25.2. The summed E-state index contributed by atoms with van der Waals surface area (Å²) < 4.78 is 0. The third-order valence-corrected chi connectivity index (χ3v) is 3.51. The molecule has 0 bridgehead atoms. The van der Waals surface area contributed by atoms with Crippen molar-refractivity contribution in [2.45, 2.75) is 51.0 Å². The number of allylic oxidation sites excluding steroid dienone is 1. The van der Waals surface area contributed by atoms with Crippen LogP contribution in [0.3, 0.4) is 0 Å². The van der Waals surface area contributed by atoms with E-state index in [1.165, 1.54) is 31.3 Å². The van der Waals surface area contributed by atoms with Crippen molar-refractivity contribution in [3.05, 3.63) is 11.6 Å². The SMILES string of the molecule is O=C(NCCC1=CCCCC1)[C@@H]1CCCN1. The van der Waals surface area contributed by atoms with Crippen molar-refractivity contribution in [3.8, 4) is 0 Å². The van der Waals surface area contributed by atoms with E-state index in [-0.39, 0.29) is 11.9 Å². The quantitative estimate of drug-likeness (QED) is 0.711. The predicted molar refractivity (Wildman–Crippen MR) is 65.2 cm³/mol. The Bertz CT molecular complexity index is 267. The molecule has 16 heavy (non-hydrogen) atoms. The largest absolute Gasteiger partial charge is 0.354 e. The summed E-state index contributed by atoms with van der Waals surface area (Å²) in [6.45, 7) is 1.80. The summed E-state index contributed by atoms with van der Waals surface area (Å²) in [5, 5.41) is 6.25. The number of carbonyl (C=O) groups excluding carboxylic acids is 1. The van der Waals surface area contributed by atoms with Crippen LogP contribution < -0.4 is 10.6 Å². The first-order valence-electron chi connectivity index (χ1n) is 6.55. The van der Waals surface area contributed by atoms with Gasteiger partial charge in [-0.05, 0) is 51.5 Å². The number of nitrogens with one attached hydrogen (secondary N) is 2. The van der Waals surface area contributed by atoms with Crippen molar-refractivity contribution in [1.82, 2.24) is 10.6 Å². The molecule has 0 radical (unpaired) electrons. The lowest BCUT2D eigenvalue weighted by Gasteiger charge is -2.14. The van der Waals surface area contributed by atoms with Gasteiger partial charge >= 0.3 is 0 Å². The lowest BCUT2D eigenvalue weighted by Crippen LogP contribution is -2.40. The Morgan fingerprint density at radius 3 is 3.06 bits per heavy atom. The zero-order valence-electron chi connectivity index (χ0n) is 9.93. The van der Waals surface area contributed by atoms with Crippen molar-refractivity contribution < 1.29 is 4.79 Å². The predicted octanol–water partition coefficient (Wildman–Crippen LogP) is 1.75. The molecule has 1 aliphatic carbocycles. The monoisotopic (exact) mass is 222 g/mol. The van der Waals surface area contributed by atoms with Gasteiger partial charge in [-0.3, -0.25) is 4.79 Å². The highest BCUT2D eigenvalue weighted by Crippen LogP contribution is 2.19. The van der Waals surface area contributed by atoms with Crippen LogP contribution in [0, 0.1) is 0 Å². The van der Waals surface area contributed by atoms with E-state index in [4.69, 9.17) is 0 Å². The van der Waals surface area contributed by atoms with E-state index >= 15 is 0 Å². The first-order valence-corrected chi connectivity index (χ1v) is 6.55. The molecule has 2 rings (SSSR count). The Kier molecular flexibility index (Phi) is 4.40. The standard InChI is InChI=1S/C13H22N2O/c16-13(12-7-4-9-14-12)15-10-8-11-5-2-1-3-6-11/h5,12,14H,1-4,6-10H2,(H,15,16)/t12-/m0/s1. The van der Waals surface area contributed by atoms with Gasteiger partial charge in [0.1, 0.15) is 0 Å². The Morgan fingerprint density at radius 2 is 2.38 bits per heavy atom. The molecule has 1 amide bonds. The molecule has 1 saturated heterocycles. The Hall–Kier alpha value is -0.830. The van der Waals surface area contributed by atoms with Gasteiger partial charge in [0, 0.05) is 6.54 Å². The van der Waals surface area contributed by atoms with E-state index in [2.05, 4.69) is 16.7 Å². The molecule has 0 aromatic rings. The minimum atomic E-state index is 0.0698. The van der Waals surface area contributed by atoms with Crippen LogP contribution in [0.15, 0.2) is 11.6 Å². The molecular formula is C13H22N2O. The zero-order valence-corrected chi connectivity index (χ0v) is 9.93. The number of carbonyl (C=O) groups is 1. The van der Waals surface area contributed by atoms with E-state index in [0.29, 0.717) is 0 Å². The van der Waals surface area contributed by atoms with Crippen molar-refractivity contribution >= 4 is 5.91 Å². The second-order valence-corrected chi connectivity index (χ2v) is 4.80. The van der Waals surface area contributed by atoms with Crippen LogP contribution in [0.1, 0.15) is 44.9 Å². The van der Waals surface area contributed by atoms with Gasteiger partial charge in [0.05, 0.1) is 6.04 Å². The van der Waals surface area contributed by atoms with Gasteiger partial charge in [-0.2, -0.15) is 0 Å². The maximum Gasteiger partial charge on any atom is 0.237 e. The van der Waals surface area contributed by atoms with Crippen LogP contribution in [0.5, 0.6) is 0 Å². The van der Waals surface area contributed by atoms with E-state index in [9.17, 15) is 4.79 Å². The van der Waals surface area contributed by atoms with E-state index in [1.54, 1.807) is 0 Å². The molecule has 0 unspecified atom stereocenters. The first kappa shape index (κ1) is 11.6. The topological polar surface area (TPSA) is 41.1 Å². The summed E-state index contributed by atoms with van der Waals surface area (Å²) in [4.78, 5) is 11.7. The van der Waals surface area contributed by atoms with Gasteiger partial charge in [0.2, 0.25) is 5.91 Å². The summed E-state index contributed by atoms with van der Waals surface area (Å²) >= 11 is 0. The third kappa shape index (κ3) is 3.34. The fraction of sp³-hybridized carbons (Fsp3) is 0.769. The third-order valence-electron chi connectivity index (χ3n) is 3.51. The molecule has 3 nitrogen and oxygen atoms in total. The number of rotatable bonds is 4. The average molecular weight is 222 g/mol. The molecule has 1 fully saturated rings. The fourth-order valence-corrected chi connectivity index (χ4v) is 2.51. The number of amides is 1. The highest BCUT2D eigenvalue weighted by atomic mass is 16.2. The molecule has 1 heterocycles. The molecule has 0 spiro atoms. The zero-order chi connectivity index (χ0) is 11.2. The van der Waals surface area contributed by atoms with Gasteiger partial charge in [0.25, 0.3) is 0 Å². The van der Waals surface area contributed by atoms with Gasteiger partial charge < -0.3 is 10.6 Å². The molecular weight excluding hydrogens is 200 g/mol. The second-order valence-electron chi connectivity index (χ2n) is 4.80. The van der Waals surface area contributed by atoms with Crippen molar-refractivity contribution in [1.29, 1.82) is 0 Å². The maximum absolute atomic E-state index is 11.7. The molecule has 0 aromatic carbocycles. The van der Waals surface area contributed by atoms with Gasteiger partial charge in [-0.1, -0.05) is 11.6 Å². The van der Waals surface area contributed by atoms with Crippen molar-refractivity contribution in [2.24, 2.45) is 0 Å². The van der Waals surface area contributed by atoms with Crippen molar-refractivity contribution in [2.75, 3.05) is 13.1 Å². The van der Waals surface area contributed by atoms with Crippen LogP contribution >= 0.6 is 0 Å². The Labute approximate surface area is 97.7 Å². The van der Waals surface area contributed by atoms with Crippen LogP contribution in [0.4, 0.5) is 0 Å². The molecule has 90 valence electrons. The summed E-state index contributed by atoms with van der Waals surface area (Å²) in [6.07, 6.45) is 10.6. The van der Waals surface area contributed by atoms with Crippen LogP contribution in [0.25, 0.3) is 0 Å². The first-order chi connectivity index (χ1) is 7.86.